The minimum atomic E-state index is 0.383. The zero-order valence-electron chi connectivity index (χ0n) is 6.14. The Morgan fingerprint density at radius 1 is 1.33 bits per heavy atom. The molecule has 1 rings (SSSR count). The number of hydrogen-bond donors (Lipinski definition) is 0. The van der Waals surface area contributed by atoms with Crippen molar-refractivity contribution in [2.24, 2.45) is 0 Å². The Morgan fingerprint density at radius 3 is 2.50 bits per heavy atom. The summed E-state index contributed by atoms with van der Waals surface area (Å²) >= 11 is 11.4. The van der Waals surface area contributed by atoms with E-state index >= 15 is 0 Å². The van der Waals surface area contributed by atoms with Gasteiger partial charge in [-0.25, -0.2) is 0 Å². The molecule has 0 aliphatic heterocycles. The first-order valence-electron chi connectivity index (χ1n) is 3.19. The van der Waals surface area contributed by atoms with Crippen molar-refractivity contribution in [3.05, 3.63) is 40.4 Å². The van der Waals surface area contributed by atoms with Crippen LogP contribution < -0.4 is 0 Å². The lowest BCUT2D eigenvalue weighted by Crippen LogP contribution is -1.79. The van der Waals surface area contributed by atoms with Gasteiger partial charge in [-0.1, -0.05) is 35.8 Å². The van der Waals surface area contributed by atoms with Crippen LogP contribution in [0.15, 0.2) is 24.8 Å². The minimum Gasteiger partial charge on any atom is -0.192 e. The molecule has 0 amide bonds. The van der Waals surface area contributed by atoms with Crippen LogP contribution in [0, 0.1) is 11.3 Å². The number of benzene rings is 1. The normalized spacial score (nSPS) is 9.08. The van der Waals surface area contributed by atoms with Crippen molar-refractivity contribution in [3.63, 3.8) is 0 Å². The molecule has 0 aliphatic rings. The molecule has 0 N–H and O–H groups in total. The smallest absolute Gasteiger partial charge is 0.0991 e. The second-order valence-electron chi connectivity index (χ2n) is 2.22. The summed E-state index contributed by atoms with van der Waals surface area (Å²) in [6.45, 7) is 3.55. The molecule has 1 aromatic rings. The number of nitrogens with zero attached hydrogens (tertiary/aromatic N) is 1. The molecule has 0 bridgehead atoms. The van der Waals surface area contributed by atoms with Crippen LogP contribution in [0.3, 0.4) is 0 Å². The van der Waals surface area contributed by atoms with E-state index in [0.29, 0.717) is 21.2 Å². The van der Waals surface area contributed by atoms with Crippen molar-refractivity contribution in [2.75, 3.05) is 0 Å². The van der Waals surface area contributed by atoms with Crippen molar-refractivity contribution in [1.82, 2.24) is 0 Å². The van der Waals surface area contributed by atoms with Gasteiger partial charge in [-0.3, -0.25) is 0 Å². The predicted octanol–water partition coefficient (Wildman–Crippen LogP) is 3.53. The van der Waals surface area contributed by atoms with Gasteiger partial charge >= 0.3 is 0 Å². The monoisotopic (exact) mass is 197 g/mol. The first-order valence-corrected chi connectivity index (χ1v) is 3.95. The Hall–Kier alpha value is -0.970. The van der Waals surface area contributed by atoms with E-state index in [1.54, 1.807) is 18.2 Å². The first kappa shape index (κ1) is 9.12. The molecule has 1 aromatic carbocycles. The maximum absolute atomic E-state index is 8.52. The van der Waals surface area contributed by atoms with Gasteiger partial charge in [-0.2, -0.15) is 5.26 Å². The fraction of sp³-hybridized carbons (Fsp3) is 0. The fourth-order valence-electron chi connectivity index (χ4n) is 0.748. The van der Waals surface area contributed by atoms with Gasteiger partial charge in [0, 0.05) is 0 Å². The average Bonchev–Trinajstić information content (AvgIpc) is 2.08. The molecule has 0 atom stereocenters. The molecule has 0 heterocycles. The lowest BCUT2D eigenvalue weighted by molar-refractivity contribution is 1.52. The van der Waals surface area contributed by atoms with Crippen LogP contribution >= 0.6 is 23.2 Å². The highest BCUT2D eigenvalue weighted by Gasteiger charge is 2.01. The molecule has 0 fully saturated rings. The van der Waals surface area contributed by atoms with E-state index in [2.05, 4.69) is 6.58 Å². The third kappa shape index (κ3) is 1.79. The van der Waals surface area contributed by atoms with Gasteiger partial charge in [0.1, 0.15) is 0 Å². The van der Waals surface area contributed by atoms with Crippen LogP contribution in [0.2, 0.25) is 10.0 Å². The van der Waals surface area contributed by atoms with Gasteiger partial charge in [0.15, 0.2) is 0 Å². The Bertz CT molecular complexity index is 363. The molecule has 0 radical (unpaired) electrons. The van der Waals surface area contributed by atoms with Crippen LogP contribution in [0.4, 0.5) is 0 Å². The summed E-state index contributed by atoms with van der Waals surface area (Å²) in [4.78, 5) is 0. The van der Waals surface area contributed by atoms with Gasteiger partial charge in [0.05, 0.1) is 21.7 Å². The van der Waals surface area contributed by atoms with Gasteiger partial charge in [-0.15, -0.1) is 0 Å². The van der Waals surface area contributed by atoms with Crippen LogP contribution in [0.25, 0.3) is 5.57 Å². The van der Waals surface area contributed by atoms with E-state index in [9.17, 15) is 0 Å². The largest absolute Gasteiger partial charge is 0.192 e. The predicted molar refractivity (Wildman–Crippen MR) is 51.1 cm³/mol. The third-order valence-electron chi connectivity index (χ3n) is 1.40. The maximum Gasteiger partial charge on any atom is 0.0991 e. The molecule has 0 aromatic heterocycles. The summed E-state index contributed by atoms with van der Waals surface area (Å²) in [6.07, 6.45) is 0. The highest BCUT2D eigenvalue weighted by atomic mass is 35.5. The quantitative estimate of drug-likeness (QED) is 0.633. The van der Waals surface area contributed by atoms with Crippen molar-refractivity contribution in [2.45, 2.75) is 0 Å². The standard InChI is InChI=1S/C9H5Cl2N/c1-6(5-12)7-2-3-8(10)9(11)4-7/h2-4H,1H2. The van der Waals surface area contributed by atoms with E-state index in [4.69, 9.17) is 28.5 Å². The highest BCUT2D eigenvalue weighted by molar-refractivity contribution is 6.42. The third-order valence-corrected chi connectivity index (χ3v) is 2.14. The van der Waals surface area contributed by atoms with E-state index in [-0.39, 0.29) is 0 Å². The van der Waals surface area contributed by atoms with Crippen LogP contribution in [-0.2, 0) is 0 Å². The Balaban J connectivity index is 3.15. The SMILES string of the molecule is C=C(C#N)c1ccc(Cl)c(Cl)c1. The van der Waals surface area contributed by atoms with Crippen molar-refractivity contribution >= 4 is 28.8 Å². The van der Waals surface area contributed by atoms with Crippen LogP contribution in [0.1, 0.15) is 5.56 Å². The van der Waals surface area contributed by atoms with Gasteiger partial charge in [0.2, 0.25) is 0 Å². The maximum atomic E-state index is 8.52. The van der Waals surface area contributed by atoms with Crippen molar-refractivity contribution in [1.29, 1.82) is 5.26 Å². The molecular formula is C9H5Cl2N. The number of allylic oxidation sites excluding steroid dienone is 1. The Kier molecular flexibility index (Phi) is 2.75. The molecule has 3 heteroatoms. The fourth-order valence-corrected chi connectivity index (χ4v) is 1.05. The van der Waals surface area contributed by atoms with E-state index in [0.717, 1.165) is 0 Å². The lowest BCUT2D eigenvalue weighted by Gasteiger charge is -1.98. The first-order chi connectivity index (χ1) is 5.65. The van der Waals surface area contributed by atoms with Crippen molar-refractivity contribution < 1.29 is 0 Å². The molecule has 12 heavy (non-hydrogen) atoms. The van der Waals surface area contributed by atoms with Crippen LogP contribution in [0.5, 0.6) is 0 Å². The second-order valence-corrected chi connectivity index (χ2v) is 3.03. The average molecular weight is 198 g/mol. The van der Waals surface area contributed by atoms with Crippen LogP contribution in [-0.4, -0.2) is 0 Å². The Labute approximate surface area is 80.8 Å². The summed E-state index contributed by atoms with van der Waals surface area (Å²) < 4.78 is 0. The van der Waals surface area contributed by atoms with Gasteiger partial charge in [-0.05, 0) is 17.7 Å². The minimum absolute atomic E-state index is 0.383. The summed E-state index contributed by atoms with van der Waals surface area (Å²) in [6, 6.07) is 6.90. The number of nitriles is 1. The number of rotatable bonds is 1. The summed E-state index contributed by atoms with van der Waals surface area (Å²) in [5.41, 5.74) is 1.08. The zero-order chi connectivity index (χ0) is 9.14. The molecule has 1 nitrogen and oxygen atoms in total. The van der Waals surface area contributed by atoms with E-state index in [1.807, 2.05) is 6.07 Å². The summed E-state index contributed by atoms with van der Waals surface area (Å²) in [5.74, 6) is 0. The van der Waals surface area contributed by atoms with Crippen molar-refractivity contribution in [3.8, 4) is 6.07 Å². The van der Waals surface area contributed by atoms with E-state index in [1.165, 1.54) is 0 Å². The van der Waals surface area contributed by atoms with Gasteiger partial charge in [0.25, 0.3) is 0 Å². The topological polar surface area (TPSA) is 23.8 Å². The molecule has 0 aliphatic carbocycles. The molecular weight excluding hydrogens is 193 g/mol. The molecule has 0 saturated heterocycles. The highest BCUT2D eigenvalue weighted by Crippen LogP contribution is 2.25. The molecule has 0 spiro atoms. The number of hydrogen-bond acceptors (Lipinski definition) is 1. The molecule has 0 saturated carbocycles. The second kappa shape index (κ2) is 3.62. The Morgan fingerprint density at radius 2 is 2.00 bits per heavy atom. The lowest BCUT2D eigenvalue weighted by atomic mass is 10.1. The summed E-state index contributed by atoms with van der Waals surface area (Å²) in [5, 5.41) is 9.44. The molecule has 0 unspecified atom stereocenters. The zero-order valence-corrected chi connectivity index (χ0v) is 7.65. The molecule has 60 valence electrons. The summed E-state index contributed by atoms with van der Waals surface area (Å²) in [7, 11) is 0. The number of halogens is 2. The van der Waals surface area contributed by atoms with E-state index < -0.39 is 0 Å². The van der Waals surface area contributed by atoms with Gasteiger partial charge < -0.3 is 0 Å².